The van der Waals surface area contributed by atoms with Gasteiger partial charge < -0.3 is 15.0 Å². The van der Waals surface area contributed by atoms with E-state index < -0.39 is 0 Å². The lowest BCUT2D eigenvalue weighted by atomic mass is 9.93. The van der Waals surface area contributed by atoms with E-state index in [2.05, 4.69) is 27.8 Å². The molecule has 34 heavy (non-hydrogen) atoms. The number of aromatic nitrogens is 1. The number of urea groups is 1. The minimum atomic E-state index is -0.204. The number of hydrogen-bond acceptors (Lipinski definition) is 7. The lowest BCUT2D eigenvalue weighted by Gasteiger charge is -2.26. The largest absolute Gasteiger partial charge is 0.378 e. The first kappa shape index (κ1) is 23.6. The first-order valence-corrected chi connectivity index (χ1v) is 11.9. The molecule has 0 aliphatic carbocycles. The number of nitrogens with zero attached hydrogens (tertiary/aromatic N) is 4. The molecule has 1 unspecified atom stereocenters. The molecule has 1 aromatic heterocycles. The number of morpholine rings is 1. The molecule has 2 aromatic rings. The summed E-state index contributed by atoms with van der Waals surface area (Å²) in [7, 11) is 0. The second kappa shape index (κ2) is 10.6. The molecule has 2 N–H and O–H groups in total. The maximum absolute atomic E-state index is 12.8. The van der Waals surface area contributed by atoms with Crippen LogP contribution in [0.2, 0.25) is 0 Å². The van der Waals surface area contributed by atoms with Crippen molar-refractivity contribution in [2.24, 2.45) is 4.99 Å². The average Bonchev–Trinajstić information content (AvgIpc) is 3.27. The van der Waals surface area contributed by atoms with Gasteiger partial charge in [-0.05, 0) is 25.5 Å². The summed E-state index contributed by atoms with van der Waals surface area (Å²) in [6.45, 7) is 5.91. The van der Waals surface area contributed by atoms with Crippen molar-refractivity contribution >= 4 is 34.1 Å². The van der Waals surface area contributed by atoms with Gasteiger partial charge in [0.25, 0.3) is 0 Å². The predicted molar refractivity (Wildman–Crippen MR) is 131 cm³/mol. The Balaban J connectivity index is 1.66. The Kier molecular flexibility index (Phi) is 7.35. The smallest absolute Gasteiger partial charge is 0.323 e. The molecular weight excluding hydrogens is 452 g/mol. The highest BCUT2D eigenvalue weighted by atomic mass is 32.1. The van der Waals surface area contributed by atoms with Crippen LogP contribution < -0.4 is 10.6 Å². The van der Waals surface area contributed by atoms with E-state index in [1.54, 1.807) is 17.0 Å². The van der Waals surface area contributed by atoms with Crippen LogP contribution in [0.25, 0.3) is 11.3 Å². The summed E-state index contributed by atoms with van der Waals surface area (Å²) in [6.07, 6.45) is 2.71. The Morgan fingerprint density at radius 3 is 2.85 bits per heavy atom. The zero-order valence-electron chi connectivity index (χ0n) is 19.1. The molecule has 3 heterocycles. The number of carbonyl (C=O) groups is 2. The topological polar surface area (TPSA) is 120 Å². The molecule has 1 fully saturated rings. The fourth-order valence-corrected chi connectivity index (χ4v) is 5.01. The van der Waals surface area contributed by atoms with E-state index in [1.807, 2.05) is 19.1 Å². The maximum atomic E-state index is 12.8. The van der Waals surface area contributed by atoms with Gasteiger partial charge >= 0.3 is 6.03 Å². The van der Waals surface area contributed by atoms with Crippen molar-refractivity contribution in [1.29, 1.82) is 5.26 Å². The summed E-state index contributed by atoms with van der Waals surface area (Å²) >= 11 is 1.42. The number of aliphatic imine (C=N–C) groups is 1. The number of benzene rings is 1. The zero-order chi connectivity index (χ0) is 24.1. The van der Waals surface area contributed by atoms with Gasteiger partial charge in [0, 0.05) is 47.8 Å². The van der Waals surface area contributed by atoms with Gasteiger partial charge in [-0.15, -0.1) is 11.3 Å². The van der Waals surface area contributed by atoms with Crippen LogP contribution in [0.1, 0.15) is 36.6 Å². The second-order valence-electron chi connectivity index (χ2n) is 8.16. The van der Waals surface area contributed by atoms with Crippen LogP contribution in [-0.4, -0.2) is 60.4 Å². The molecule has 1 atom stereocenters. The minimum absolute atomic E-state index is 0.0199. The quantitative estimate of drug-likeness (QED) is 0.681. The number of ether oxygens (including phenoxy) is 1. The normalized spacial score (nSPS) is 17.9. The highest BCUT2D eigenvalue weighted by molar-refractivity contribution is 7.16. The van der Waals surface area contributed by atoms with Gasteiger partial charge in [-0.1, -0.05) is 18.2 Å². The van der Waals surface area contributed by atoms with Crippen molar-refractivity contribution < 1.29 is 14.3 Å². The molecule has 3 amide bonds. The monoisotopic (exact) mass is 478 g/mol. The minimum Gasteiger partial charge on any atom is -0.378 e. The lowest BCUT2D eigenvalue weighted by molar-refractivity contribution is -0.118. The fraction of sp³-hybridized carbons (Fsp3) is 0.375. The van der Waals surface area contributed by atoms with Gasteiger partial charge in [0.15, 0.2) is 5.13 Å². The van der Waals surface area contributed by atoms with Crippen LogP contribution in [-0.2, 0) is 9.53 Å². The summed E-state index contributed by atoms with van der Waals surface area (Å²) < 4.78 is 5.33. The van der Waals surface area contributed by atoms with Crippen LogP contribution in [0.5, 0.6) is 0 Å². The zero-order valence-corrected chi connectivity index (χ0v) is 19.9. The van der Waals surface area contributed by atoms with Gasteiger partial charge in [0.1, 0.15) is 0 Å². The molecule has 9 nitrogen and oxygen atoms in total. The first-order chi connectivity index (χ1) is 16.4. The number of carbonyl (C=O) groups excluding carboxylic acids is 2. The van der Waals surface area contributed by atoms with Crippen molar-refractivity contribution in [3.63, 3.8) is 0 Å². The number of amides is 3. The third kappa shape index (κ3) is 5.68. The highest BCUT2D eigenvalue weighted by Crippen LogP contribution is 2.40. The molecule has 4 rings (SSSR count). The Bertz CT molecular complexity index is 1190. The van der Waals surface area contributed by atoms with Gasteiger partial charge in [-0.2, -0.15) is 5.26 Å². The molecule has 0 radical (unpaired) electrons. The summed E-state index contributed by atoms with van der Waals surface area (Å²) in [5.41, 5.74) is 3.83. The van der Waals surface area contributed by atoms with E-state index >= 15 is 0 Å². The lowest BCUT2D eigenvalue weighted by Crippen LogP contribution is -2.43. The number of nitrogens with one attached hydrogen (secondary N) is 2. The number of hydrogen-bond donors (Lipinski definition) is 2. The molecule has 2 aliphatic heterocycles. The number of allylic oxidation sites excluding steroid dienone is 2. The molecule has 0 bridgehead atoms. The molecule has 1 saturated heterocycles. The summed E-state index contributed by atoms with van der Waals surface area (Å²) in [5, 5.41) is 15.6. The van der Waals surface area contributed by atoms with Crippen LogP contribution in [0.4, 0.5) is 9.93 Å². The van der Waals surface area contributed by atoms with Gasteiger partial charge in [-0.3, -0.25) is 15.1 Å². The predicted octanol–water partition coefficient (Wildman–Crippen LogP) is 3.51. The van der Waals surface area contributed by atoms with Gasteiger partial charge in [-0.25, -0.2) is 9.78 Å². The average molecular weight is 479 g/mol. The van der Waals surface area contributed by atoms with Crippen molar-refractivity contribution in [3.05, 3.63) is 46.5 Å². The molecule has 2 aliphatic rings. The van der Waals surface area contributed by atoms with Gasteiger partial charge in [0.05, 0.1) is 37.1 Å². The molecule has 1 aromatic carbocycles. The molecule has 10 heteroatoms. The van der Waals surface area contributed by atoms with Crippen molar-refractivity contribution in [2.75, 3.05) is 38.2 Å². The third-order valence-corrected chi connectivity index (χ3v) is 6.64. The standard InChI is InChI=1S/C24H26N6O3S/c1-15-10-19(12-20(27-15)14-26-16(2)31)22-21(18-5-3-4-17(11-18)13-25)28-23(34-22)29-24(32)30-6-8-33-9-7-30/h3-5,10-11,19H,6-9,12,14H2,1-2H3,(H,26,31)(H,28,29,32). The van der Waals surface area contributed by atoms with Crippen LogP contribution in [0, 0.1) is 11.3 Å². The van der Waals surface area contributed by atoms with E-state index in [4.69, 9.17) is 9.72 Å². The Morgan fingerprint density at radius 1 is 1.32 bits per heavy atom. The second-order valence-corrected chi connectivity index (χ2v) is 9.19. The van der Waals surface area contributed by atoms with Crippen LogP contribution in [0.15, 0.2) is 41.0 Å². The Labute approximate surface area is 202 Å². The number of rotatable bonds is 5. The fourth-order valence-electron chi connectivity index (χ4n) is 3.96. The number of anilines is 1. The van der Waals surface area contributed by atoms with Crippen molar-refractivity contribution in [2.45, 2.75) is 26.2 Å². The molecule has 0 spiro atoms. The summed E-state index contributed by atoms with van der Waals surface area (Å²) in [4.78, 5) is 36.2. The van der Waals surface area contributed by atoms with E-state index in [9.17, 15) is 14.9 Å². The van der Waals surface area contributed by atoms with Crippen molar-refractivity contribution in [1.82, 2.24) is 15.2 Å². The van der Waals surface area contributed by atoms with Crippen LogP contribution >= 0.6 is 11.3 Å². The van der Waals surface area contributed by atoms with E-state index in [0.29, 0.717) is 50.0 Å². The van der Waals surface area contributed by atoms with E-state index in [-0.39, 0.29) is 17.9 Å². The number of nitriles is 1. The Morgan fingerprint density at radius 2 is 2.12 bits per heavy atom. The molecular formula is C24H26N6O3S. The SMILES string of the molecule is CC(=O)NCC1=NC(C)=CC(c2sc(NC(=O)N3CCOCC3)nc2-c2cccc(C#N)c2)C1. The van der Waals surface area contributed by atoms with Gasteiger partial charge in [0.2, 0.25) is 5.91 Å². The third-order valence-electron chi connectivity index (χ3n) is 5.54. The Hall–Kier alpha value is -3.55. The number of thiazole rings is 1. The maximum Gasteiger partial charge on any atom is 0.323 e. The summed E-state index contributed by atoms with van der Waals surface area (Å²) in [5.74, 6) is -0.125. The molecule has 176 valence electrons. The first-order valence-electron chi connectivity index (χ1n) is 11.1. The van der Waals surface area contributed by atoms with E-state index in [0.717, 1.165) is 27.5 Å². The van der Waals surface area contributed by atoms with E-state index in [1.165, 1.54) is 18.3 Å². The van der Waals surface area contributed by atoms with Crippen molar-refractivity contribution in [3.8, 4) is 17.3 Å². The molecule has 0 saturated carbocycles. The summed E-state index contributed by atoms with van der Waals surface area (Å²) in [6, 6.07) is 9.27. The highest BCUT2D eigenvalue weighted by Gasteiger charge is 2.26. The van der Waals surface area contributed by atoms with Crippen LogP contribution in [0.3, 0.4) is 0 Å².